The van der Waals surface area contributed by atoms with E-state index in [1.165, 1.54) is 6.92 Å². The summed E-state index contributed by atoms with van der Waals surface area (Å²) in [5.41, 5.74) is 0.970. The predicted octanol–water partition coefficient (Wildman–Crippen LogP) is 2.48. The van der Waals surface area contributed by atoms with Gasteiger partial charge in [-0.05, 0) is 39.0 Å². The van der Waals surface area contributed by atoms with Gasteiger partial charge in [0.05, 0.1) is 6.10 Å². The van der Waals surface area contributed by atoms with Gasteiger partial charge in [0.15, 0.2) is 5.78 Å². The summed E-state index contributed by atoms with van der Waals surface area (Å²) >= 11 is 0. The number of hydrogen-bond donors (Lipinski definition) is 1. The summed E-state index contributed by atoms with van der Waals surface area (Å²) in [6.45, 7) is 5.40. The van der Waals surface area contributed by atoms with Gasteiger partial charge in [-0.3, -0.25) is 4.79 Å². The Balaban J connectivity index is 2.45. The Morgan fingerprint density at radius 2 is 2.19 bits per heavy atom. The van der Waals surface area contributed by atoms with E-state index in [2.05, 4.69) is 0 Å². The first-order valence-corrected chi connectivity index (χ1v) is 5.41. The summed E-state index contributed by atoms with van der Waals surface area (Å²) in [5.74, 6) is 0.675. The van der Waals surface area contributed by atoms with Crippen molar-refractivity contribution in [3.8, 4) is 5.75 Å². The zero-order chi connectivity index (χ0) is 11.9. The number of aliphatic hydroxyl groups is 1. The van der Waals surface area contributed by atoms with Crippen LogP contribution in [-0.2, 0) is 0 Å². The first kappa shape index (κ1) is 11.1. The maximum Gasteiger partial charge on any atom is 0.159 e. The van der Waals surface area contributed by atoms with E-state index in [0.29, 0.717) is 23.3 Å². The minimum absolute atomic E-state index is 0.000154. The first-order chi connectivity index (χ1) is 7.39. The lowest BCUT2D eigenvalue weighted by atomic mass is 9.90. The van der Waals surface area contributed by atoms with Crippen molar-refractivity contribution in [2.45, 2.75) is 38.9 Å². The number of benzene rings is 1. The van der Waals surface area contributed by atoms with E-state index in [-0.39, 0.29) is 11.4 Å². The molecule has 0 aliphatic carbocycles. The molecule has 1 aliphatic rings. The lowest BCUT2D eigenvalue weighted by Gasteiger charge is -2.35. The second kappa shape index (κ2) is 3.59. The molecule has 3 nitrogen and oxygen atoms in total. The van der Waals surface area contributed by atoms with Crippen molar-refractivity contribution >= 4 is 5.78 Å². The van der Waals surface area contributed by atoms with Crippen molar-refractivity contribution in [1.82, 2.24) is 0 Å². The van der Waals surface area contributed by atoms with Gasteiger partial charge in [0.1, 0.15) is 11.4 Å². The molecule has 1 N–H and O–H groups in total. The van der Waals surface area contributed by atoms with E-state index in [4.69, 9.17) is 4.74 Å². The molecule has 1 aromatic rings. The smallest absolute Gasteiger partial charge is 0.159 e. The Morgan fingerprint density at radius 3 is 2.81 bits per heavy atom. The second-order valence-corrected chi connectivity index (χ2v) is 4.89. The van der Waals surface area contributed by atoms with Crippen LogP contribution in [0.3, 0.4) is 0 Å². The molecule has 16 heavy (non-hydrogen) atoms. The number of rotatable bonds is 1. The monoisotopic (exact) mass is 220 g/mol. The van der Waals surface area contributed by atoms with E-state index in [1.807, 2.05) is 13.8 Å². The fourth-order valence-electron chi connectivity index (χ4n) is 2.04. The molecule has 1 aromatic carbocycles. The van der Waals surface area contributed by atoms with Gasteiger partial charge in [-0.1, -0.05) is 0 Å². The van der Waals surface area contributed by atoms with Crippen molar-refractivity contribution in [2.75, 3.05) is 0 Å². The van der Waals surface area contributed by atoms with Crippen LogP contribution in [0, 0.1) is 0 Å². The molecular formula is C13H16O3. The molecule has 86 valence electrons. The molecule has 1 atom stereocenters. The highest BCUT2D eigenvalue weighted by atomic mass is 16.5. The van der Waals surface area contributed by atoms with Crippen molar-refractivity contribution in [1.29, 1.82) is 0 Å². The number of ether oxygens (including phenoxy) is 1. The minimum Gasteiger partial charge on any atom is -0.487 e. The number of ketones is 1. The van der Waals surface area contributed by atoms with E-state index in [9.17, 15) is 9.90 Å². The summed E-state index contributed by atoms with van der Waals surface area (Å²) in [4.78, 5) is 11.2. The summed E-state index contributed by atoms with van der Waals surface area (Å²) in [5, 5.41) is 10.0. The molecule has 0 saturated carbocycles. The van der Waals surface area contributed by atoms with Crippen LogP contribution in [0.1, 0.15) is 49.2 Å². The number of carbonyl (C=O) groups excluding carboxylic acids is 1. The van der Waals surface area contributed by atoms with Crippen molar-refractivity contribution in [3.63, 3.8) is 0 Å². The van der Waals surface area contributed by atoms with Gasteiger partial charge in [-0.2, -0.15) is 0 Å². The minimum atomic E-state index is -0.557. The highest BCUT2D eigenvalue weighted by Crippen LogP contribution is 2.39. The fourth-order valence-corrected chi connectivity index (χ4v) is 2.04. The van der Waals surface area contributed by atoms with Crippen LogP contribution >= 0.6 is 0 Å². The number of hydrogen-bond acceptors (Lipinski definition) is 3. The SMILES string of the molecule is CC(=O)c1ccc2c(c1)C(O)CC(C)(C)O2. The molecule has 0 spiro atoms. The van der Waals surface area contributed by atoms with Gasteiger partial charge in [-0.25, -0.2) is 0 Å². The molecule has 1 unspecified atom stereocenters. The lowest BCUT2D eigenvalue weighted by Crippen LogP contribution is -2.34. The lowest BCUT2D eigenvalue weighted by molar-refractivity contribution is 0.0115. The average Bonchev–Trinajstić information content (AvgIpc) is 2.15. The molecule has 1 heterocycles. The zero-order valence-corrected chi connectivity index (χ0v) is 9.78. The third kappa shape index (κ3) is 1.95. The van der Waals surface area contributed by atoms with Crippen LogP contribution in [0.5, 0.6) is 5.75 Å². The first-order valence-electron chi connectivity index (χ1n) is 5.41. The molecule has 0 amide bonds. The Bertz CT molecular complexity index is 435. The van der Waals surface area contributed by atoms with E-state index >= 15 is 0 Å². The van der Waals surface area contributed by atoms with Gasteiger partial charge in [0, 0.05) is 17.5 Å². The van der Waals surface area contributed by atoms with Gasteiger partial charge in [0.2, 0.25) is 0 Å². The van der Waals surface area contributed by atoms with Gasteiger partial charge in [0.25, 0.3) is 0 Å². The van der Waals surface area contributed by atoms with Gasteiger partial charge >= 0.3 is 0 Å². The standard InChI is InChI=1S/C13H16O3/c1-8(14)9-4-5-12-10(6-9)11(15)7-13(2,3)16-12/h4-6,11,15H,7H2,1-3H3. The van der Waals surface area contributed by atoms with Gasteiger partial charge < -0.3 is 9.84 Å². The number of Topliss-reactive ketones (excluding diaryl/α,β-unsaturated/α-hetero) is 1. The van der Waals surface area contributed by atoms with E-state index in [1.54, 1.807) is 18.2 Å². The third-order valence-corrected chi connectivity index (χ3v) is 2.85. The van der Waals surface area contributed by atoms with Crippen LogP contribution in [-0.4, -0.2) is 16.5 Å². The molecule has 0 fully saturated rings. The molecular weight excluding hydrogens is 204 g/mol. The molecule has 0 radical (unpaired) electrons. The molecule has 1 aliphatic heterocycles. The number of aliphatic hydroxyl groups excluding tert-OH is 1. The summed E-state index contributed by atoms with van der Waals surface area (Å²) in [6.07, 6.45) is -0.0143. The van der Waals surface area contributed by atoms with Crippen molar-refractivity contribution in [3.05, 3.63) is 29.3 Å². The Labute approximate surface area is 95.0 Å². The predicted molar refractivity (Wildman–Crippen MR) is 60.7 cm³/mol. The number of fused-ring (bicyclic) bond motifs is 1. The largest absolute Gasteiger partial charge is 0.487 e. The van der Waals surface area contributed by atoms with Gasteiger partial charge in [-0.15, -0.1) is 0 Å². The summed E-state index contributed by atoms with van der Waals surface area (Å²) in [7, 11) is 0. The highest BCUT2D eigenvalue weighted by molar-refractivity contribution is 5.94. The highest BCUT2D eigenvalue weighted by Gasteiger charge is 2.32. The van der Waals surface area contributed by atoms with Crippen molar-refractivity contribution < 1.29 is 14.6 Å². The van der Waals surface area contributed by atoms with E-state index in [0.717, 1.165) is 0 Å². The Kier molecular flexibility index (Phi) is 2.50. The molecule has 0 saturated heterocycles. The second-order valence-electron chi connectivity index (χ2n) is 4.89. The van der Waals surface area contributed by atoms with E-state index < -0.39 is 6.10 Å². The fraction of sp³-hybridized carbons (Fsp3) is 0.462. The maximum atomic E-state index is 11.2. The average molecular weight is 220 g/mol. The molecule has 0 bridgehead atoms. The van der Waals surface area contributed by atoms with Crippen LogP contribution in [0.2, 0.25) is 0 Å². The Hall–Kier alpha value is -1.35. The topological polar surface area (TPSA) is 46.5 Å². The summed E-state index contributed by atoms with van der Waals surface area (Å²) < 4.78 is 5.75. The van der Waals surface area contributed by atoms with Crippen LogP contribution in [0.25, 0.3) is 0 Å². The number of carbonyl (C=O) groups is 1. The third-order valence-electron chi connectivity index (χ3n) is 2.85. The molecule has 2 rings (SSSR count). The molecule has 0 aromatic heterocycles. The normalized spacial score (nSPS) is 22.1. The summed E-state index contributed by atoms with van der Waals surface area (Å²) in [6, 6.07) is 5.21. The Morgan fingerprint density at radius 1 is 1.50 bits per heavy atom. The van der Waals surface area contributed by atoms with Crippen LogP contribution < -0.4 is 4.74 Å². The zero-order valence-electron chi connectivity index (χ0n) is 9.78. The van der Waals surface area contributed by atoms with Crippen LogP contribution in [0.15, 0.2) is 18.2 Å². The molecule has 3 heteroatoms. The van der Waals surface area contributed by atoms with Crippen molar-refractivity contribution in [2.24, 2.45) is 0 Å². The quantitative estimate of drug-likeness (QED) is 0.739. The van der Waals surface area contributed by atoms with Crippen LogP contribution in [0.4, 0.5) is 0 Å². The maximum absolute atomic E-state index is 11.2.